The van der Waals surface area contributed by atoms with Gasteiger partial charge in [-0.05, 0) is 36.8 Å². The van der Waals surface area contributed by atoms with E-state index < -0.39 is 11.7 Å². The van der Waals surface area contributed by atoms with Crippen molar-refractivity contribution in [3.63, 3.8) is 0 Å². The largest absolute Gasteiger partial charge is 0.418 e. The lowest BCUT2D eigenvalue weighted by Gasteiger charge is -2.31. The Bertz CT molecular complexity index is 980. The topological polar surface area (TPSA) is 53.6 Å². The number of hydrogen-bond donors (Lipinski definition) is 2. The van der Waals surface area contributed by atoms with Crippen LogP contribution in [0.4, 0.5) is 30.2 Å². The van der Waals surface area contributed by atoms with Crippen molar-refractivity contribution in [1.29, 1.82) is 0 Å². The number of nitrogens with zero attached hydrogens (tertiary/aromatic N) is 1. The standard InChI is InChI=1S/C21H20F3N3O2/c1-13-3-2-4-17-19(13)15(20(28)26-17)12-25-14-5-6-18(16(11-14)21(22,23)24)27-7-9-29-10-8-27/h2-6,11-12,25H,7-10H2,1H3,(H,26,28). The second kappa shape index (κ2) is 7.44. The van der Waals surface area contributed by atoms with Crippen LogP contribution in [-0.4, -0.2) is 32.2 Å². The summed E-state index contributed by atoms with van der Waals surface area (Å²) in [6.45, 7) is 3.51. The van der Waals surface area contributed by atoms with Gasteiger partial charge in [0.1, 0.15) is 0 Å². The van der Waals surface area contributed by atoms with E-state index >= 15 is 0 Å². The monoisotopic (exact) mass is 403 g/mol. The van der Waals surface area contributed by atoms with Crippen LogP contribution in [0, 0.1) is 6.92 Å². The van der Waals surface area contributed by atoms with Crippen LogP contribution in [0.3, 0.4) is 0 Å². The van der Waals surface area contributed by atoms with E-state index in [-0.39, 0.29) is 17.3 Å². The number of anilines is 3. The molecular formula is C21H20F3N3O2. The van der Waals surface area contributed by atoms with Crippen LogP contribution in [-0.2, 0) is 15.7 Å². The van der Waals surface area contributed by atoms with Gasteiger partial charge in [0.2, 0.25) is 0 Å². The number of nitrogens with one attached hydrogen (secondary N) is 2. The van der Waals surface area contributed by atoms with Crippen molar-refractivity contribution in [2.75, 3.05) is 41.8 Å². The van der Waals surface area contributed by atoms with E-state index in [4.69, 9.17) is 4.74 Å². The summed E-state index contributed by atoms with van der Waals surface area (Å²) in [5.41, 5.74) is 2.44. The Balaban J connectivity index is 1.65. The number of fused-ring (bicyclic) bond motifs is 1. The van der Waals surface area contributed by atoms with Gasteiger partial charge in [-0.2, -0.15) is 13.2 Å². The zero-order chi connectivity index (χ0) is 20.6. The van der Waals surface area contributed by atoms with Crippen molar-refractivity contribution in [1.82, 2.24) is 0 Å². The van der Waals surface area contributed by atoms with Crippen LogP contribution in [0.1, 0.15) is 16.7 Å². The number of amides is 1. The van der Waals surface area contributed by atoms with E-state index in [1.54, 1.807) is 17.0 Å². The Labute approximate surface area is 166 Å². The summed E-state index contributed by atoms with van der Waals surface area (Å²) in [5, 5.41) is 5.63. The Morgan fingerprint density at radius 1 is 1.17 bits per heavy atom. The molecule has 1 saturated heterocycles. The smallest absolute Gasteiger partial charge is 0.378 e. The van der Waals surface area contributed by atoms with Crippen molar-refractivity contribution in [3.8, 4) is 0 Å². The number of hydrogen-bond acceptors (Lipinski definition) is 4. The molecule has 5 nitrogen and oxygen atoms in total. The van der Waals surface area contributed by atoms with Gasteiger partial charge in [0.25, 0.3) is 5.91 Å². The number of alkyl halides is 3. The number of benzene rings is 2. The maximum Gasteiger partial charge on any atom is 0.418 e. The summed E-state index contributed by atoms with van der Waals surface area (Å²) in [5.74, 6) is -0.289. The molecule has 0 spiro atoms. The molecule has 0 unspecified atom stereocenters. The highest BCUT2D eigenvalue weighted by molar-refractivity contribution is 6.32. The van der Waals surface area contributed by atoms with Crippen LogP contribution in [0.25, 0.3) is 5.57 Å². The Hall–Kier alpha value is -3.00. The number of morpholine rings is 1. The van der Waals surface area contributed by atoms with Crippen molar-refractivity contribution in [2.45, 2.75) is 13.1 Å². The Kier molecular flexibility index (Phi) is 4.96. The van der Waals surface area contributed by atoms with Gasteiger partial charge in [-0.1, -0.05) is 12.1 Å². The second-order valence-corrected chi connectivity index (χ2v) is 6.98. The lowest BCUT2D eigenvalue weighted by molar-refractivity contribution is -0.137. The predicted octanol–water partition coefficient (Wildman–Crippen LogP) is 4.26. The summed E-state index contributed by atoms with van der Waals surface area (Å²) in [7, 11) is 0. The Morgan fingerprint density at radius 3 is 2.66 bits per heavy atom. The molecule has 0 atom stereocenters. The van der Waals surface area contributed by atoms with Gasteiger partial charge in [-0.3, -0.25) is 4.79 Å². The fourth-order valence-corrected chi connectivity index (χ4v) is 3.66. The van der Waals surface area contributed by atoms with Crippen LogP contribution < -0.4 is 15.5 Å². The van der Waals surface area contributed by atoms with Gasteiger partial charge in [-0.15, -0.1) is 0 Å². The molecule has 1 amide bonds. The molecule has 0 aromatic heterocycles. The van der Waals surface area contributed by atoms with E-state index in [2.05, 4.69) is 10.6 Å². The fraction of sp³-hybridized carbons (Fsp3) is 0.286. The molecule has 2 heterocycles. The third kappa shape index (κ3) is 3.80. The van der Waals surface area contributed by atoms with Crippen LogP contribution >= 0.6 is 0 Å². The molecule has 2 aliphatic heterocycles. The molecule has 1 fully saturated rings. The average molecular weight is 403 g/mol. The summed E-state index contributed by atoms with van der Waals surface area (Å²) in [6.07, 6.45) is -3.04. The molecule has 0 radical (unpaired) electrons. The highest BCUT2D eigenvalue weighted by Crippen LogP contribution is 2.39. The van der Waals surface area contributed by atoms with Crippen molar-refractivity contribution < 1.29 is 22.7 Å². The molecule has 0 bridgehead atoms. The molecule has 152 valence electrons. The van der Waals surface area contributed by atoms with E-state index in [9.17, 15) is 18.0 Å². The average Bonchev–Trinajstić information content (AvgIpc) is 3.02. The molecule has 4 rings (SSSR count). The molecule has 0 aliphatic carbocycles. The quantitative estimate of drug-likeness (QED) is 0.753. The molecule has 2 aliphatic rings. The van der Waals surface area contributed by atoms with Crippen LogP contribution in [0.15, 0.2) is 42.6 Å². The first-order valence-corrected chi connectivity index (χ1v) is 9.26. The van der Waals surface area contributed by atoms with Gasteiger partial charge < -0.3 is 20.3 Å². The number of carbonyl (C=O) groups excluding carboxylic acids is 1. The SMILES string of the molecule is Cc1cccc2c1C(=CNc1ccc(N3CCOCC3)c(C(F)(F)F)c1)C(=O)N2. The fourth-order valence-electron chi connectivity index (χ4n) is 3.66. The molecule has 2 N–H and O–H groups in total. The maximum atomic E-state index is 13.7. The minimum absolute atomic E-state index is 0.138. The molecule has 0 saturated carbocycles. The summed E-state index contributed by atoms with van der Waals surface area (Å²) in [4.78, 5) is 14.0. The minimum atomic E-state index is -4.49. The molecule has 2 aromatic carbocycles. The van der Waals surface area contributed by atoms with Gasteiger partial charge in [0.05, 0.1) is 24.4 Å². The third-order valence-corrected chi connectivity index (χ3v) is 5.07. The van der Waals surface area contributed by atoms with E-state index in [1.807, 2.05) is 19.1 Å². The van der Waals surface area contributed by atoms with Crippen molar-refractivity contribution in [3.05, 3.63) is 59.3 Å². The van der Waals surface area contributed by atoms with Gasteiger partial charge >= 0.3 is 6.18 Å². The predicted molar refractivity (Wildman–Crippen MR) is 106 cm³/mol. The first-order valence-electron chi connectivity index (χ1n) is 9.26. The lowest BCUT2D eigenvalue weighted by atomic mass is 10.0. The number of halogens is 3. The first-order chi connectivity index (χ1) is 13.8. The molecule has 2 aromatic rings. The molecule has 29 heavy (non-hydrogen) atoms. The lowest BCUT2D eigenvalue weighted by Crippen LogP contribution is -2.37. The zero-order valence-corrected chi connectivity index (χ0v) is 15.8. The van der Waals surface area contributed by atoms with Crippen molar-refractivity contribution in [2.24, 2.45) is 0 Å². The normalized spacial score (nSPS) is 18.0. The highest BCUT2D eigenvalue weighted by atomic mass is 19.4. The van der Waals surface area contributed by atoms with E-state index in [0.717, 1.165) is 17.2 Å². The summed E-state index contributed by atoms with van der Waals surface area (Å²) >= 11 is 0. The number of rotatable bonds is 3. The number of carbonyl (C=O) groups is 1. The Morgan fingerprint density at radius 2 is 1.93 bits per heavy atom. The van der Waals surface area contributed by atoms with Crippen LogP contribution in [0.2, 0.25) is 0 Å². The van der Waals surface area contributed by atoms with E-state index in [0.29, 0.717) is 37.6 Å². The number of ether oxygens (including phenoxy) is 1. The van der Waals surface area contributed by atoms with Gasteiger partial charge in [-0.25, -0.2) is 0 Å². The van der Waals surface area contributed by atoms with Gasteiger partial charge in [0, 0.05) is 41.9 Å². The maximum absolute atomic E-state index is 13.7. The first kappa shape index (κ1) is 19.3. The van der Waals surface area contributed by atoms with Crippen LogP contribution in [0.5, 0.6) is 0 Å². The molecular weight excluding hydrogens is 383 g/mol. The van der Waals surface area contributed by atoms with E-state index in [1.165, 1.54) is 12.3 Å². The highest BCUT2D eigenvalue weighted by Gasteiger charge is 2.35. The third-order valence-electron chi connectivity index (χ3n) is 5.07. The second-order valence-electron chi connectivity index (χ2n) is 6.98. The van der Waals surface area contributed by atoms with Gasteiger partial charge in [0.15, 0.2) is 0 Å². The minimum Gasteiger partial charge on any atom is -0.378 e. The van der Waals surface area contributed by atoms with Crippen molar-refractivity contribution >= 4 is 28.5 Å². The number of aryl methyl sites for hydroxylation is 1. The summed E-state index contributed by atoms with van der Waals surface area (Å²) < 4.78 is 46.2. The zero-order valence-electron chi connectivity index (χ0n) is 15.8. The molecule has 8 heteroatoms. The summed E-state index contributed by atoms with van der Waals surface area (Å²) in [6, 6.07) is 9.63.